The van der Waals surface area contributed by atoms with Crippen LogP contribution in [0, 0.1) is 12.7 Å². The van der Waals surface area contributed by atoms with Gasteiger partial charge >= 0.3 is 0 Å². The maximum atomic E-state index is 14.0. The van der Waals surface area contributed by atoms with E-state index in [2.05, 4.69) is 0 Å². The van der Waals surface area contributed by atoms with Crippen molar-refractivity contribution >= 4 is 0 Å². The Hall–Kier alpha value is -2.07. The van der Waals surface area contributed by atoms with Crippen molar-refractivity contribution in [3.63, 3.8) is 0 Å². The largest absolute Gasteiger partial charge is 0.494 e. The number of aliphatic hydroxyl groups is 1. The maximum Gasteiger partial charge on any atom is 0.171 e. The Morgan fingerprint density at radius 2 is 1.95 bits per heavy atom. The van der Waals surface area contributed by atoms with Gasteiger partial charge in [0, 0.05) is 11.1 Å². The van der Waals surface area contributed by atoms with E-state index in [1.54, 1.807) is 31.2 Å². The van der Waals surface area contributed by atoms with Gasteiger partial charge in [0.1, 0.15) is 12.4 Å². The van der Waals surface area contributed by atoms with Gasteiger partial charge in [-0.15, -0.1) is 0 Å². The molecule has 0 heterocycles. The molecule has 0 radical (unpaired) electrons. The number of aliphatic hydroxyl groups excluding tert-OH is 1. The zero-order chi connectivity index (χ0) is 15.4. The van der Waals surface area contributed by atoms with Crippen molar-refractivity contribution in [3.8, 4) is 11.5 Å². The van der Waals surface area contributed by atoms with Crippen LogP contribution in [-0.2, 0) is 6.61 Å². The highest BCUT2D eigenvalue weighted by molar-refractivity contribution is 5.39. The molecule has 3 nitrogen and oxygen atoms in total. The molecule has 0 spiro atoms. The van der Waals surface area contributed by atoms with Crippen LogP contribution < -0.4 is 9.47 Å². The second kappa shape index (κ2) is 6.59. The maximum absolute atomic E-state index is 14.0. The molecule has 0 fully saturated rings. The third-order valence-corrected chi connectivity index (χ3v) is 3.26. The van der Waals surface area contributed by atoms with Gasteiger partial charge in [-0.1, -0.05) is 23.8 Å². The van der Waals surface area contributed by atoms with Gasteiger partial charge < -0.3 is 14.6 Å². The highest BCUT2D eigenvalue weighted by atomic mass is 19.1. The van der Waals surface area contributed by atoms with Gasteiger partial charge in [0.2, 0.25) is 0 Å². The van der Waals surface area contributed by atoms with E-state index in [0.717, 1.165) is 5.56 Å². The third-order valence-electron chi connectivity index (χ3n) is 3.26. The zero-order valence-corrected chi connectivity index (χ0v) is 12.4. The van der Waals surface area contributed by atoms with Gasteiger partial charge in [0.05, 0.1) is 13.2 Å². The molecule has 0 saturated carbocycles. The minimum atomic E-state index is -0.643. The standard InChI is InChI=1S/C17H19FO3/c1-11-7-8-15(14(9-11)12(2)19)21-10-13-5-4-6-16(20-3)17(13)18/h4-9,12,19H,10H2,1-3H3. The summed E-state index contributed by atoms with van der Waals surface area (Å²) >= 11 is 0. The van der Waals surface area contributed by atoms with Crippen LogP contribution >= 0.6 is 0 Å². The Morgan fingerprint density at radius 1 is 1.19 bits per heavy atom. The first-order valence-corrected chi connectivity index (χ1v) is 6.75. The summed E-state index contributed by atoms with van der Waals surface area (Å²) in [5, 5.41) is 9.79. The summed E-state index contributed by atoms with van der Waals surface area (Å²) in [6.07, 6.45) is -0.643. The number of halogens is 1. The van der Waals surface area contributed by atoms with Gasteiger partial charge in [-0.25, -0.2) is 4.39 Å². The van der Waals surface area contributed by atoms with Gasteiger partial charge in [-0.05, 0) is 32.0 Å². The monoisotopic (exact) mass is 290 g/mol. The Labute approximate surface area is 124 Å². The molecule has 2 aromatic carbocycles. The van der Waals surface area contributed by atoms with E-state index in [4.69, 9.17) is 9.47 Å². The molecule has 2 aromatic rings. The molecule has 0 amide bonds. The normalized spacial score (nSPS) is 12.0. The molecule has 0 aliphatic heterocycles. The summed E-state index contributed by atoms with van der Waals surface area (Å²) < 4.78 is 24.7. The summed E-state index contributed by atoms with van der Waals surface area (Å²) in [6.45, 7) is 3.69. The molecule has 4 heteroatoms. The molecule has 0 saturated heterocycles. The number of rotatable bonds is 5. The first-order chi connectivity index (χ1) is 10.0. The smallest absolute Gasteiger partial charge is 0.171 e. The molecule has 1 unspecified atom stereocenters. The summed E-state index contributed by atoms with van der Waals surface area (Å²) in [5.74, 6) is 0.319. The van der Waals surface area contributed by atoms with Crippen LogP contribution in [0.2, 0.25) is 0 Å². The summed E-state index contributed by atoms with van der Waals surface area (Å²) in [5.41, 5.74) is 2.13. The second-order valence-electron chi connectivity index (χ2n) is 4.94. The summed E-state index contributed by atoms with van der Waals surface area (Å²) in [7, 11) is 1.43. The lowest BCUT2D eigenvalue weighted by molar-refractivity contribution is 0.189. The Balaban J connectivity index is 2.21. The molecule has 21 heavy (non-hydrogen) atoms. The molecule has 0 aliphatic rings. The third kappa shape index (κ3) is 3.52. The Bertz CT molecular complexity index is 623. The quantitative estimate of drug-likeness (QED) is 0.911. The Morgan fingerprint density at radius 3 is 2.62 bits per heavy atom. The number of hydrogen-bond acceptors (Lipinski definition) is 3. The van der Waals surface area contributed by atoms with Crippen LogP contribution in [0.4, 0.5) is 4.39 Å². The van der Waals surface area contributed by atoms with E-state index >= 15 is 0 Å². The fourth-order valence-electron chi connectivity index (χ4n) is 2.11. The van der Waals surface area contributed by atoms with Crippen molar-refractivity contribution in [2.75, 3.05) is 7.11 Å². The predicted octanol–water partition coefficient (Wildman–Crippen LogP) is 3.78. The van der Waals surface area contributed by atoms with Crippen molar-refractivity contribution in [2.45, 2.75) is 26.6 Å². The average molecular weight is 290 g/mol. The lowest BCUT2D eigenvalue weighted by Gasteiger charge is -2.15. The van der Waals surface area contributed by atoms with Gasteiger partial charge in [-0.3, -0.25) is 0 Å². The number of hydrogen-bond donors (Lipinski definition) is 1. The molecule has 0 aromatic heterocycles. The van der Waals surface area contributed by atoms with Crippen molar-refractivity contribution in [1.29, 1.82) is 0 Å². The highest BCUT2D eigenvalue weighted by Gasteiger charge is 2.12. The molecule has 0 aliphatic carbocycles. The van der Waals surface area contributed by atoms with Crippen LogP contribution in [0.15, 0.2) is 36.4 Å². The SMILES string of the molecule is COc1cccc(COc2ccc(C)cc2C(C)O)c1F. The predicted molar refractivity (Wildman–Crippen MR) is 79.1 cm³/mol. The fraction of sp³-hybridized carbons (Fsp3) is 0.294. The Kier molecular flexibility index (Phi) is 4.81. The van der Waals surface area contributed by atoms with E-state index in [1.165, 1.54) is 7.11 Å². The van der Waals surface area contributed by atoms with Gasteiger partial charge in [-0.2, -0.15) is 0 Å². The molecule has 1 atom stereocenters. The van der Waals surface area contributed by atoms with E-state index in [0.29, 0.717) is 16.9 Å². The molecule has 1 N–H and O–H groups in total. The fourth-order valence-corrected chi connectivity index (χ4v) is 2.11. The summed E-state index contributed by atoms with van der Waals surface area (Å²) in [6, 6.07) is 10.5. The lowest BCUT2D eigenvalue weighted by Crippen LogP contribution is -2.03. The first kappa shape index (κ1) is 15.3. The lowest BCUT2D eigenvalue weighted by atomic mass is 10.1. The number of aryl methyl sites for hydroxylation is 1. The first-order valence-electron chi connectivity index (χ1n) is 6.75. The van der Waals surface area contributed by atoms with Crippen molar-refractivity contribution in [2.24, 2.45) is 0 Å². The molecular formula is C17H19FO3. The van der Waals surface area contributed by atoms with Gasteiger partial charge in [0.25, 0.3) is 0 Å². The second-order valence-corrected chi connectivity index (χ2v) is 4.94. The average Bonchev–Trinajstić information content (AvgIpc) is 2.47. The van der Waals surface area contributed by atoms with Crippen molar-refractivity contribution in [1.82, 2.24) is 0 Å². The molecule has 2 rings (SSSR count). The van der Waals surface area contributed by atoms with E-state index < -0.39 is 11.9 Å². The van der Waals surface area contributed by atoms with Crippen LogP contribution in [0.3, 0.4) is 0 Å². The van der Waals surface area contributed by atoms with Crippen LogP contribution in [0.1, 0.15) is 29.7 Å². The van der Waals surface area contributed by atoms with Crippen molar-refractivity contribution < 1.29 is 19.0 Å². The van der Waals surface area contributed by atoms with E-state index in [9.17, 15) is 9.50 Å². The van der Waals surface area contributed by atoms with Crippen LogP contribution in [0.25, 0.3) is 0 Å². The van der Waals surface area contributed by atoms with Crippen molar-refractivity contribution in [3.05, 3.63) is 58.9 Å². The zero-order valence-electron chi connectivity index (χ0n) is 12.4. The topological polar surface area (TPSA) is 38.7 Å². The molecular weight excluding hydrogens is 271 g/mol. The molecule has 0 bridgehead atoms. The highest BCUT2D eigenvalue weighted by Crippen LogP contribution is 2.28. The minimum Gasteiger partial charge on any atom is -0.494 e. The van der Waals surface area contributed by atoms with E-state index in [-0.39, 0.29) is 12.4 Å². The molecule has 112 valence electrons. The number of benzene rings is 2. The summed E-state index contributed by atoms with van der Waals surface area (Å²) in [4.78, 5) is 0. The number of ether oxygens (including phenoxy) is 2. The van der Waals surface area contributed by atoms with Crippen LogP contribution in [0.5, 0.6) is 11.5 Å². The van der Waals surface area contributed by atoms with Crippen LogP contribution in [-0.4, -0.2) is 12.2 Å². The number of methoxy groups -OCH3 is 1. The van der Waals surface area contributed by atoms with Gasteiger partial charge in [0.15, 0.2) is 11.6 Å². The van der Waals surface area contributed by atoms with E-state index in [1.807, 2.05) is 19.1 Å². The minimum absolute atomic E-state index is 0.0752.